The molecule has 1 aliphatic carbocycles. The van der Waals surface area contributed by atoms with Crippen molar-refractivity contribution in [1.82, 2.24) is 0 Å². The minimum absolute atomic E-state index is 0.189. The summed E-state index contributed by atoms with van der Waals surface area (Å²) in [5.41, 5.74) is 0.852. The molecule has 104 valence electrons. The third-order valence-electron chi connectivity index (χ3n) is 3.62. The number of nitrogens with zero attached hydrogens (tertiary/aromatic N) is 1. The predicted octanol–water partition coefficient (Wildman–Crippen LogP) is 4.72. The highest BCUT2D eigenvalue weighted by molar-refractivity contribution is 14.1. The fourth-order valence-electron chi connectivity index (χ4n) is 2.60. The number of anilines is 1. The Bertz CT molecular complexity index is 443. The first kappa shape index (κ1) is 14.6. The molecule has 0 atom stereocenters. The van der Waals surface area contributed by atoms with Crippen LogP contribution in [0.25, 0.3) is 0 Å². The predicted molar refractivity (Wildman–Crippen MR) is 85.5 cm³/mol. The first-order valence-electron chi connectivity index (χ1n) is 6.87. The first-order valence-corrected chi connectivity index (χ1v) is 7.95. The van der Waals surface area contributed by atoms with Gasteiger partial charge in [-0.2, -0.15) is 0 Å². The molecule has 0 heterocycles. The van der Waals surface area contributed by atoms with E-state index in [1.165, 1.54) is 32.1 Å². The monoisotopic (exact) mass is 374 g/mol. The molecule has 2 rings (SSSR count). The summed E-state index contributed by atoms with van der Waals surface area (Å²) in [5, 5.41) is 14.5. The van der Waals surface area contributed by atoms with Crippen LogP contribution in [0, 0.1) is 13.7 Å². The fourth-order valence-corrected chi connectivity index (χ4v) is 3.07. The van der Waals surface area contributed by atoms with Gasteiger partial charge in [0, 0.05) is 15.7 Å². The largest absolute Gasteiger partial charge is 0.377 e. The number of nitro benzene ring substituents is 1. The van der Waals surface area contributed by atoms with E-state index >= 15 is 0 Å². The van der Waals surface area contributed by atoms with Gasteiger partial charge in [0.2, 0.25) is 0 Å². The molecule has 0 unspecified atom stereocenters. The molecule has 1 fully saturated rings. The van der Waals surface area contributed by atoms with Crippen LogP contribution in [0.2, 0.25) is 0 Å². The number of benzene rings is 1. The Hall–Kier alpha value is -0.850. The van der Waals surface area contributed by atoms with Crippen LogP contribution in [0.5, 0.6) is 0 Å². The molecule has 0 radical (unpaired) electrons. The topological polar surface area (TPSA) is 55.2 Å². The molecule has 1 aliphatic rings. The van der Waals surface area contributed by atoms with E-state index < -0.39 is 0 Å². The maximum Gasteiger partial charge on any atom is 0.293 e. The molecule has 1 N–H and O–H groups in total. The maximum absolute atomic E-state index is 11.1. The SMILES string of the molecule is O=[N+]([O-])c1cc(I)ccc1NC1CCCCCCC1. The van der Waals surface area contributed by atoms with Crippen molar-refractivity contribution in [3.8, 4) is 0 Å². The van der Waals surface area contributed by atoms with Crippen LogP contribution in [0.4, 0.5) is 11.4 Å². The van der Waals surface area contributed by atoms with Crippen LogP contribution in [0.15, 0.2) is 18.2 Å². The number of nitro groups is 1. The lowest BCUT2D eigenvalue weighted by molar-refractivity contribution is -0.384. The van der Waals surface area contributed by atoms with Crippen LogP contribution < -0.4 is 5.32 Å². The van der Waals surface area contributed by atoms with Gasteiger partial charge in [0.25, 0.3) is 5.69 Å². The van der Waals surface area contributed by atoms with Gasteiger partial charge in [-0.15, -0.1) is 0 Å². The van der Waals surface area contributed by atoms with Gasteiger partial charge in [0.05, 0.1) is 4.92 Å². The molecule has 0 saturated heterocycles. The summed E-state index contributed by atoms with van der Waals surface area (Å²) in [6, 6.07) is 5.75. The summed E-state index contributed by atoms with van der Waals surface area (Å²) >= 11 is 2.11. The van der Waals surface area contributed by atoms with Gasteiger partial charge in [-0.25, -0.2) is 0 Å². The van der Waals surface area contributed by atoms with Crippen molar-refractivity contribution in [1.29, 1.82) is 0 Å². The van der Waals surface area contributed by atoms with E-state index in [1.807, 2.05) is 12.1 Å². The molecule has 4 nitrogen and oxygen atoms in total. The van der Waals surface area contributed by atoms with Gasteiger partial charge in [0.1, 0.15) is 5.69 Å². The van der Waals surface area contributed by atoms with E-state index in [0.29, 0.717) is 11.7 Å². The third kappa shape index (κ3) is 4.33. The van der Waals surface area contributed by atoms with Gasteiger partial charge in [-0.1, -0.05) is 32.1 Å². The smallest absolute Gasteiger partial charge is 0.293 e. The number of hydrogen-bond donors (Lipinski definition) is 1. The molecule has 5 heteroatoms. The summed E-state index contributed by atoms with van der Waals surface area (Å²) in [7, 11) is 0. The molecule has 0 spiro atoms. The average molecular weight is 374 g/mol. The fraction of sp³-hybridized carbons (Fsp3) is 0.571. The summed E-state index contributed by atoms with van der Waals surface area (Å²) in [6.45, 7) is 0. The second-order valence-electron chi connectivity index (χ2n) is 5.10. The van der Waals surface area contributed by atoms with E-state index in [0.717, 1.165) is 16.4 Å². The third-order valence-corrected chi connectivity index (χ3v) is 4.29. The van der Waals surface area contributed by atoms with E-state index in [1.54, 1.807) is 6.07 Å². The van der Waals surface area contributed by atoms with Crippen LogP contribution in [0.1, 0.15) is 44.9 Å². The molecule has 1 saturated carbocycles. The minimum Gasteiger partial charge on any atom is -0.377 e. The second kappa shape index (κ2) is 7.07. The highest BCUT2D eigenvalue weighted by Crippen LogP contribution is 2.29. The van der Waals surface area contributed by atoms with E-state index in [2.05, 4.69) is 27.9 Å². The van der Waals surface area contributed by atoms with Crippen molar-refractivity contribution >= 4 is 34.0 Å². The Morgan fingerprint density at radius 1 is 1.16 bits per heavy atom. The summed E-state index contributed by atoms with van der Waals surface area (Å²) in [5.74, 6) is 0. The van der Waals surface area contributed by atoms with Crippen LogP contribution >= 0.6 is 22.6 Å². The van der Waals surface area contributed by atoms with E-state index in [4.69, 9.17) is 0 Å². The molecule has 1 aromatic rings. The average Bonchev–Trinajstić information content (AvgIpc) is 2.34. The highest BCUT2D eigenvalue weighted by atomic mass is 127. The summed E-state index contributed by atoms with van der Waals surface area (Å²) in [4.78, 5) is 10.8. The standard InChI is InChI=1S/C14H19IN2O2/c15-11-8-9-13(14(10-11)17(18)19)16-12-6-4-2-1-3-5-7-12/h8-10,12,16H,1-7H2. The van der Waals surface area contributed by atoms with Crippen molar-refractivity contribution in [3.05, 3.63) is 31.9 Å². The Labute approximate surface area is 127 Å². The molecule has 0 aromatic heterocycles. The van der Waals surface area contributed by atoms with Gasteiger partial charge < -0.3 is 5.32 Å². The Morgan fingerprint density at radius 2 is 1.79 bits per heavy atom. The van der Waals surface area contributed by atoms with Crippen molar-refractivity contribution < 1.29 is 4.92 Å². The van der Waals surface area contributed by atoms with Gasteiger partial charge >= 0.3 is 0 Å². The molecule has 0 amide bonds. The van der Waals surface area contributed by atoms with Gasteiger partial charge in [-0.3, -0.25) is 10.1 Å². The van der Waals surface area contributed by atoms with Crippen molar-refractivity contribution in [2.45, 2.75) is 51.0 Å². The summed E-state index contributed by atoms with van der Waals surface area (Å²) in [6.07, 6.45) is 8.56. The van der Waals surface area contributed by atoms with E-state index in [9.17, 15) is 10.1 Å². The summed E-state index contributed by atoms with van der Waals surface area (Å²) < 4.78 is 0.896. The number of rotatable bonds is 3. The van der Waals surface area contributed by atoms with Crippen LogP contribution in [-0.2, 0) is 0 Å². The number of halogens is 1. The van der Waals surface area contributed by atoms with Crippen molar-refractivity contribution in [2.75, 3.05) is 5.32 Å². The molecule has 19 heavy (non-hydrogen) atoms. The number of nitrogens with one attached hydrogen (secondary N) is 1. The first-order chi connectivity index (χ1) is 9.16. The minimum atomic E-state index is -0.298. The lowest BCUT2D eigenvalue weighted by Crippen LogP contribution is -2.21. The maximum atomic E-state index is 11.1. The Balaban J connectivity index is 2.10. The zero-order valence-corrected chi connectivity index (χ0v) is 13.1. The van der Waals surface area contributed by atoms with Crippen LogP contribution in [-0.4, -0.2) is 11.0 Å². The van der Waals surface area contributed by atoms with Crippen LogP contribution in [0.3, 0.4) is 0 Å². The quantitative estimate of drug-likeness (QED) is 0.473. The second-order valence-corrected chi connectivity index (χ2v) is 6.35. The molecule has 0 bridgehead atoms. The van der Waals surface area contributed by atoms with Gasteiger partial charge in [-0.05, 0) is 47.6 Å². The lowest BCUT2D eigenvalue weighted by atomic mass is 9.96. The van der Waals surface area contributed by atoms with Crippen molar-refractivity contribution in [2.24, 2.45) is 0 Å². The molecule has 1 aromatic carbocycles. The zero-order valence-electron chi connectivity index (χ0n) is 10.9. The normalized spacial score (nSPS) is 17.5. The Morgan fingerprint density at radius 3 is 2.42 bits per heavy atom. The van der Waals surface area contributed by atoms with Crippen molar-refractivity contribution in [3.63, 3.8) is 0 Å². The van der Waals surface area contributed by atoms with E-state index in [-0.39, 0.29) is 10.6 Å². The number of hydrogen-bond acceptors (Lipinski definition) is 3. The van der Waals surface area contributed by atoms with Gasteiger partial charge in [0.15, 0.2) is 0 Å². The molecular weight excluding hydrogens is 355 g/mol. The zero-order chi connectivity index (χ0) is 13.7. The lowest BCUT2D eigenvalue weighted by Gasteiger charge is -2.22. The Kier molecular flexibility index (Phi) is 5.42. The highest BCUT2D eigenvalue weighted by Gasteiger charge is 2.18. The molecule has 0 aliphatic heterocycles. The molecular formula is C14H19IN2O2.